The number of aryl methyl sites for hydroxylation is 1. The Bertz CT molecular complexity index is 807. The minimum Gasteiger partial charge on any atom is -0.310 e. The molecule has 3 heterocycles. The van der Waals surface area contributed by atoms with Crippen LogP contribution in [0.3, 0.4) is 0 Å². The van der Waals surface area contributed by atoms with E-state index in [1.807, 2.05) is 18.1 Å². The molecule has 23 heavy (non-hydrogen) atoms. The number of hydrogen-bond acceptors (Lipinski definition) is 3. The van der Waals surface area contributed by atoms with E-state index in [0.29, 0.717) is 0 Å². The van der Waals surface area contributed by atoms with Crippen LogP contribution in [-0.2, 0) is 11.8 Å². The fourth-order valence-corrected chi connectivity index (χ4v) is 3.59. The molecule has 1 saturated heterocycles. The minimum atomic E-state index is 0.0818. The second kappa shape index (κ2) is 5.33. The van der Waals surface area contributed by atoms with Crippen molar-refractivity contribution < 1.29 is 4.79 Å². The van der Waals surface area contributed by atoms with Crippen LogP contribution in [0, 0.1) is 0 Å². The van der Waals surface area contributed by atoms with Crippen LogP contribution < -0.4 is 0 Å². The number of piperidine rings is 1. The zero-order chi connectivity index (χ0) is 16.0. The lowest BCUT2D eigenvalue weighted by molar-refractivity contribution is -0.127. The Morgan fingerprint density at radius 3 is 2.91 bits per heavy atom. The molecule has 1 fully saturated rings. The number of amides is 1. The smallest absolute Gasteiger partial charge is 0.248 e. The number of hydrogen-bond donors (Lipinski definition) is 0. The first-order valence-corrected chi connectivity index (χ1v) is 8.08. The Balaban J connectivity index is 1.82. The summed E-state index contributed by atoms with van der Waals surface area (Å²) in [6.45, 7) is 3.17. The normalized spacial score (nSPS) is 21.2. The Morgan fingerprint density at radius 1 is 1.26 bits per heavy atom. The van der Waals surface area contributed by atoms with Crippen LogP contribution in [0.2, 0.25) is 0 Å². The maximum atomic E-state index is 12.5. The Labute approximate surface area is 135 Å². The third-order valence-electron chi connectivity index (χ3n) is 4.82. The first-order chi connectivity index (χ1) is 11.1. The van der Waals surface area contributed by atoms with E-state index in [-0.39, 0.29) is 12.5 Å². The van der Waals surface area contributed by atoms with Crippen molar-refractivity contribution in [1.82, 2.24) is 14.7 Å². The molecule has 3 aliphatic rings. The number of allylic oxidation sites excluding steroid dienone is 4. The molecular weight excluding hydrogens is 288 g/mol. The van der Waals surface area contributed by atoms with Gasteiger partial charge in [-0.1, -0.05) is 11.6 Å². The molecule has 0 spiro atoms. The predicted octanol–water partition coefficient (Wildman–Crippen LogP) is 2.38. The van der Waals surface area contributed by atoms with E-state index in [1.54, 1.807) is 10.9 Å². The van der Waals surface area contributed by atoms with Crippen molar-refractivity contribution in [3.05, 3.63) is 52.5 Å². The molecule has 0 radical (unpaired) electrons. The predicted molar refractivity (Wildman–Crippen MR) is 89.0 cm³/mol. The summed E-state index contributed by atoms with van der Waals surface area (Å²) in [6.07, 6.45) is 11.2. The molecule has 0 unspecified atom stereocenters. The molecule has 2 aliphatic heterocycles. The number of carbonyl (C=O) groups is 1. The summed E-state index contributed by atoms with van der Waals surface area (Å²) in [5, 5.41) is 4.22. The van der Waals surface area contributed by atoms with Crippen LogP contribution in [0.15, 0.2) is 52.0 Å². The number of carbonyl (C=O) groups excluding carboxylic acids is 1. The first-order valence-electron chi connectivity index (χ1n) is 8.08. The lowest BCUT2D eigenvalue weighted by Crippen LogP contribution is -2.37. The highest BCUT2D eigenvalue weighted by molar-refractivity contribution is 6.11. The molecule has 0 aromatic carbocycles. The maximum Gasteiger partial charge on any atom is 0.248 e. The third-order valence-corrected chi connectivity index (χ3v) is 4.82. The summed E-state index contributed by atoms with van der Waals surface area (Å²) >= 11 is 0. The Morgan fingerprint density at radius 2 is 2.13 bits per heavy atom. The van der Waals surface area contributed by atoms with E-state index < -0.39 is 0 Å². The molecule has 0 saturated carbocycles. The largest absolute Gasteiger partial charge is 0.310 e. The van der Waals surface area contributed by atoms with Gasteiger partial charge in [-0.05, 0) is 43.4 Å². The van der Waals surface area contributed by atoms with Gasteiger partial charge >= 0.3 is 0 Å². The number of rotatable bonds is 1. The average Bonchev–Trinajstić information content (AvgIpc) is 2.90. The van der Waals surface area contributed by atoms with Gasteiger partial charge in [-0.2, -0.15) is 5.10 Å². The molecule has 1 aromatic heterocycles. The molecule has 5 nitrogen and oxygen atoms in total. The van der Waals surface area contributed by atoms with E-state index >= 15 is 0 Å². The maximum absolute atomic E-state index is 12.5. The molecular formula is C18H20N4O. The summed E-state index contributed by atoms with van der Waals surface area (Å²) in [7, 11) is 1.89. The first kappa shape index (κ1) is 14.2. The van der Waals surface area contributed by atoms with E-state index in [0.717, 1.165) is 42.8 Å². The molecule has 0 N–H and O–H groups in total. The van der Waals surface area contributed by atoms with Gasteiger partial charge in [-0.25, -0.2) is 0 Å². The van der Waals surface area contributed by atoms with Crippen molar-refractivity contribution in [3.8, 4) is 0 Å². The Kier molecular flexibility index (Phi) is 3.29. The topological polar surface area (TPSA) is 50.5 Å². The summed E-state index contributed by atoms with van der Waals surface area (Å²) < 4.78 is 1.76. The molecule has 0 bridgehead atoms. The van der Waals surface area contributed by atoms with Crippen LogP contribution in [0.1, 0.15) is 31.7 Å². The van der Waals surface area contributed by atoms with Gasteiger partial charge in [0.25, 0.3) is 0 Å². The van der Waals surface area contributed by atoms with Gasteiger partial charge in [0.05, 0.1) is 17.6 Å². The van der Waals surface area contributed by atoms with Crippen molar-refractivity contribution in [2.45, 2.75) is 26.2 Å². The van der Waals surface area contributed by atoms with Gasteiger partial charge in [0.1, 0.15) is 6.54 Å². The van der Waals surface area contributed by atoms with Crippen molar-refractivity contribution in [2.24, 2.45) is 12.0 Å². The molecule has 4 rings (SSSR count). The second-order valence-corrected chi connectivity index (χ2v) is 6.34. The zero-order valence-electron chi connectivity index (χ0n) is 13.5. The van der Waals surface area contributed by atoms with Crippen molar-refractivity contribution in [3.63, 3.8) is 0 Å². The van der Waals surface area contributed by atoms with Crippen molar-refractivity contribution in [1.29, 1.82) is 0 Å². The van der Waals surface area contributed by atoms with Crippen LogP contribution in [0.5, 0.6) is 0 Å². The van der Waals surface area contributed by atoms with E-state index in [2.05, 4.69) is 29.2 Å². The lowest BCUT2D eigenvalue weighted by Gasteiger charge is -2.35. The van der Waals surface area contributed by atoms with E-state index in [9.17, 15) is 4.79 Å². The van der Waals surface area contributed by atoms with Gasteiger partial charge in [0.2, 0.25) is 5.91 Å². The molecule has 5 heteroatoms. The number of aromatic nitrogens is 2. The number of nitrogens with zero attached hydrogens (tertiary/aromatic N) is 4. The summed E-state index contributed by atoms with van der Waals surface area (Å²) in [5.74, 6) is 0.0818. The fourth-order valence-electron chi connectivity index (χ4n) is 3.59. The summed E-state index contributed by atoms with van der Waals surface area (Å²) in [4.78, 5) is 18.9. The fraction of sp³-hybridized carbons (Fsp3) is 0.389. The van der Waals surface area contributed by atoms with Gasteiger partial charge in [-0.3, -0.25) is 14.5 Å². The second-order valence-electron chi connectivity index (χ2n) is 6.34. The van der Waals surface area contributed by atoms with Crippen LogP contribution >= 0.6 is 0 Å². The molecule has 1 amide bonds. The molecule has 118 valence electrons. The van der Waals surface area contributed by atoms with Gasteiger partial charge in [0.15, 0.2) is 0 Å². The zero-order valence-corrected chi connectivity index (χ0v) is 13.5. The average molecular weight is 308 g/mol. The monoisotopic (exact) mass is 308 g/mol. The summed E-state index contributed by atoms with van der Waals surface area (Å²) in [6, 6.07) is 0. The quantitative estimate of drug-likeness (QED) is 0.800. The highest BCUT2D eigenvalue weighted by Crippen LogP contribution is 2.38. The van der Waals surface area contributed by atoms with E-state index in [4.69, 9.17) is 0 Å². The summed E-state index contributed by atoms with van der Waals surface area (Å²) in [5.41, 5.74) is 6.91. The lowest BCUT2D eigenvalue weighted by atomic mass is 9.84. The van der Waals surface area contributed by atoms with Crippen LogP contribution in [-0.4, -0.2) is 39.4 Å². The minimum absolute atomic E-state index is 0.0818. The van der Waals surface area contributed by atoms with Gasteiger partial charge in [-0.15, -0.1) is 0 Å². The third kappa shape index (κ3) is 2.36. The molecule has 1 aliphatic carbocycles. The van der Waals surface area contributed by atoms with E-state index in [1.165, 1.54) is 16.7 Å². The SMILES string of the molecule is CC1=C2CCN3C(=O)CN=C(c4cnn(C)c4)C=C3C2=CCC1. The molecule has 0 atom stereocenters. The van der Waals surface area contributed by atoms with Crippen LogP contribution in [0.25, 0.3) is 0 Å². The van der Waals surface area contributed by atoms with Gasteiger partial charge < -0.3 is 4.90 Å². The van der Waals surface area contributed by atoms with Crippen molar-refractivity contribution >= 4 is 11.6 Å². The van der Waals surface area contributed by atoms with Crippen LogP contribution in [0.4, 0.5) is 0 Å². The molecule has 1 aromatic rings. The highest BCUT2D eigenvalue weighted by Gasteiger charge is 2.31. The Hall–Kier alpha value is -2.43. The van der Waals surface area contributed by atoms with Gasteiger partial charge in [0, 0.05) is 25.4 Å². The number of fused-ring (bicyclic) bond motifs is 3. The standard InChI is InChI=1S/C18H20N4O/c1-12-4-3-5-15-14(12)6-7-22-17(15)8-16(19-10-18(22)23)13-9-20-21(2)11-13/h5,8-9,11H,3-4,6-7,10H2,1-2H3. The highest BCUT2D eigenvalue weighted by atomic mass is 16.2. The number of aliphatic imine (C=N–C) groups is 1. The van der Waals surface area contributed by atoms with Crippen molar-refractivity contribution in [2.75, 3.05) is 13.1 Å².